The van der Waals surface area contributed by atoms with Crippen molar-refractivity contribution in [2.75, 3.05) is 6.26 Å². The summed E-state index contributed by atoms with van der Waals surface area (Å²) in [4.78, 5) is 0.231. The second-order valence-corrected chi connectivity index (χ2v) is 6.75. The zero-order chi connectivity index (χ0) is 14.0. The van der Waals surface area contributed by atoms with E-state index in [0.29, 0.717) is 16.1 Å². The summed E-state index contributed by atoms with van der Waals surface area (Å²) in [6, 6.07) is 13.1. The molecule has 0 radical (unpaired) electrons. The molecule has 2 aromatic rings. The van der Waals surface area contributed by atoms with E-state index in [1.165, 1.54) is 12.1 Å². The Labute approximate surface area is 117 Å². The first-order valence-electron chi connectivity index (χ1n) is 5.61. The lowest BCUT2D eigenvalue weighted by Crippen LogP contribution is -2.01. The summed E-state index contributed by atoms with van der Waals surface area (Å²) in [5, 5.41) is 10.7. The maximum absolute atomic E-state index is 11.3. The summed E-state index contributed by atoms with van der Waals surface area (Å²) in [5.41, 5.74) is 1.29. The number of aliphatic hydroxyl groups excluding tert-OH is 1. The normalized spacial score (nSPS) is 13.2. The number of benzene rings is 2. The molecule has 0 saturated heterocycles. The number of sulfone groups is 1. The predicted molar refractivity (Wildman–Crippen MR) is 75.1 cm³/mol. The molecule has 5 heteroatoms. The topological polar surface area (TPSA) is 54.4 Å². The van der Waals surface area contributed by atoms with Crippen LogP contribution in [0.2, 0.25) is 5.02 Å². The van der Waals surface area contributed by atoms with Gasteiger partial charge in [-0.2, -0.15) is 0 Å². The molecule has 0 aromatic heterocycles. The minimum atomic E-state index is -3.22. The van der Waals surface area contributed by atoms with E-state index in [4.69, 9.17) is 11.6 Å². The van der Waals surface area contributed by atoms with E-state index in [-0.39, 0.29) is 4.90 Å². The van der Waals surface area contributed by atoms with Gasteiger partial charge in [0.05, 0.1) is 4.90 Å². The van der Waals surface area contributed by atoms with Gasteiger partial charge in [-0.05, 0) is 35.4 Å². The maximum atomic E-state index is 11.3. The van der Waals surface area contributed by atoms with Gasteiger partial charge in [0.1, 0.15) is 6.10 Å². The lowest BCUT2D eigenvalue weighted by atomic mass is 10.0. The van der Waals surface area contributed by atoms with E-state index in [2.05, 4.69) is 0 Å². The molecule has 1 atom stereocenters. The van der Waals surface area contributed by atoms with Crippen LogP contribution in [-0.4, -0.2) is 19.8 Å². The van der Waals surface area contributed by atoms with Crippen LogP contribution in [0.1, 0.15) is 17.2 Å². The smallest absolute Gasteiger partial charge is 0.175 e. The number of halogens is 1. The van der Waals surface area contributed by atoms with Crippen molar-refractivity contribution in [3.63, 3.8) is 0 Å². The molecular weight excluding hydrogens is 284 g/mol. The van der Waals surface area contributed by atoms with Gasteiger partial charge >= 0.3 is 0 Å². The molecule has 0 aliphatic heterocycles. The molecule has 1 N–H and O–H groups in total. The lowest BCUT2D eigenvalue weighted by Gasteiger charge is -2.12. The van der Waals surface area contributed by atoms with Crippen LogP contribution in [0.15, 0.2) is 53.4 Å². The lowest BCUT2D eigenvalue weighted by molar-refractivity contribution is 0.220. The second-order valence-electron chi connectivity index (χ2n) is 4.30. The highest BCUT2D eigenvalue weighted by atomic mass is 35.5. The number of rotatable bonds is 3. The average Bonchev–Trinajstić information content (AvgIpc) is 2.37. The predicted octanol–water partition coefficient (Wildman–Crippen LogP) is 2.83. The Kier molecular flexibility index (Phi) is 3.94. The third-order valence-electron chi connectivity index (χ3n) is 2.79. The van der Waals surface area contributed by atoms with Crippen molar-refractivity contribution in [1.82, 2.24) is 0 Å². The zero-order valence-corrected chi connectivity index (χ0v) is 11.8. The summed E-state index contributed by atoms with van der Waals surface area (Å²) in [6.07, 6.45) is 0.322. The standard InChI is InChI=1S/C14H13ClO3S/c1-19(17,18)13-7-5-10(6-8-13)14(16)11-3-2-4-12(15)9-11/h2-9,14,16H,1H3. The average molecular weight is 297 g/mol. The van der Waals surface area contributed by atoms with E-state index in [1.54, 1.807) is 36.4 Å². The van der Waals surface area contributed by atoms with E-state index < -0.39 is 15.9 Å². The van der Waals surface area contributed by atoms with Crippen molar-refractivity contribution in [2.24, 2.45) is 0 Å². The summed E-state index contributed by atoms with van der Waals surface area (Å²) in [6.45, 7) is 0. The highest BCUT2D eigenvalue weighted by Crippen LogP contribution is 2.25. The molecule has 0 heterocycles. The van der Waals surface area contributed by atoms with Crippen LogP contribution in [0.4, 0.5) is 0 Å². The van der Waals surface area contributed by atoms with Crippen molar-refractivity contribution in [1.29, 1.82) is 0 Å². The first kappa shape index (κ1) is 14.1. The number of hydrogen-bond acceptors (Lipinski definition) is 3. The largest absolute Gasteiger partial charge is 0.384 e. The Morgan fingerprint density at radius 2 is 1.68 bits per heavy atom. The van der Waals surface area contributed by atoms with Gasteiger partial charge in [0.25, 0.3) is 0 Å². The SMILES string of the molecule is CS(=O)(=O)c1ccc(C(O)c2cccc(Cl)c2)cc1. The van der Waals surface area contributed by atoms with Crippen molar-refractivity contribution >= 4 is 21.4 Å². The summed E-state index contributed by atoms with van der Waals surface area (Å²) >= 11 is 5.87. The van der Waals surface area contributed by atoms with Crippen LogP contribution >= 0.6 is 11.6 Å². The van der Waals surface area contributed by atoms with E-state index in [0.717, 1.165) is 6.26 Å². The van der Waals surface area contributed by atoms with Gasteiger partial charge in [-0.3, -0.25) is 0 Å². The van der Waals surface area contributed by atoms with Gasteiger partial charge in [-0.1, -0.05) is 35.9 Å². The number of aliphatic hydroxyl groups is 1. The van der Waals surface area contributed by atoms with Gasteiger partial charge in [0, 0.05) is 11.3 Å². The van der Waals surface area contributed by atoms with Gasteiger partial charge in [-0.25, -0.2) is 8.42 Å². The first-order valence-corrected chi connectivity index (χ1v) is 7.88. The highest BCUT2D eigenvalue weighted by Gasteiger charge is 2.12. The molecule has 100 valence electrons. The molecule has 0 aliphatic rings. The van der Waals surface area contributed by atoms with E-state index >= 15 is 0 Å². The van der Waals surface area contributed by atoms with E-state index in [9.17, 15) is 13.5 Å². The Balaban J connectivity index is 2.32. The van der Waals surface area contributed by atoms with Crippen molar-refractivity contribution in [2.45, 2.75) is 11.0 Å². The van der Waals surface area contributed by atoms with Crippen molar-refractivity contribution < 1.29 is 13.5 Å². The number of hydrogen-bond donors (Lipinski definition) is 1. The van der Waals surface area contributed by atoms with Crippen molar-refractivity contribution in [3.8, 4) is 0 Å². The van der Waals surface area contributed by atoms with Gasteiger partial charge in [0.2, 0.25) is 0 Å². The Morgan fingerprint density at radius 3 is 2.21 bits per heavy atom. The Hall–Kier alpha value is -1.36. The van der Waals surface area contributed by atoms with Crippen LogP contribution < -0.4 is 0 Å². The van der Waals surface area contributed by atoms with Gasteiger partial charge in [0.15, 0.2) is 9.84 Å². The molecule has 0 aliphatic carbocycles. The molecule has 0 spiro atoms. The zero-order valence-electron chi connectivity index (χ0n) is 10.2. The van der Waals surface area contributed by atoms with E-state index in [1.807, 2.05) is 0 Å². The molecular formula is C14H13ClO3S. The summed E-state index contributed by atoms with van der Waals surface area (Å²) < 4.78 is 22.7. The Bertz CT molecular complexity index is 678. The molecule has 2 rings (SSSR count). The highest BCUT2D eigenvalue weighted by molar-refractivity contribution is 7.90. The molecule has 1 unspecified atom stereocenters. The van der Waals surface area contributed by atoms with Crippen LogP contribution in [0.5, 0.6) is 0 Å². The molecule has 0 fully saturated rings. The van der Waals surface area contributed by atoms with Crippen LogP contribution in [0.25, 0.3) is 0 Å². The van der Waals surface area contributed by atoms with Crippen LogP contribution in [0, 0.1) is 0 Å². The fourth-order valence-corrected chi connectivity index (χ4v) is 2.60. The van der Waals surface area contributed by atoms with Crippen LogP contribution in [0.3, 0.4) is 0 Å². The summed E-state index contributed by atoms with van der Waals surface area (Å²) in [5.74, 6) is 0. The monoisotopic (exact) mass is 296 g/mol. The molecule has 0 saturated carbocycles. The minimum absolute atomic E-state index is 0.231. The molecule has 0 amide bonds. The summed E-state index contributed by atoms with van der Waals surface area (Å²) in [7, 11) is -3.22. The molecule has 0 bridgehead atoms. The van der Waals surface area contributed by atoms with Crippen molar-refractivity contribution in [3.05, 3.63) is 64.7 Å². The third kappa shape index (κ3) is 3.35. The third-order valence-corrected chi connectivity index (χ3v) is 4.15. The minimum Gasteiger partial charge on any atom is -0.384 e. The fourth-order valence-electron chi connectivity index (χ4n) is 1.77. The first-order chi connectivity index (χ1) is 8.88. The molecule has 19 heavy (non-hydrogen) atoms. The molecule has 3 nitrogen and oxygen atoms in total. The Morgan fingerprint density at radius 1 is 1.05 bits per heavy atom. The van der Waals surface area contributed by atoms with Gasteiger partial charge in [-0.15, -0.1) is 0 Å². The van der Waals surface area contributed by atoms with Crippen LogP contribution in [-0.2, 0) is 9.84 Å². The molecule has 2 aromatic carbocycles. The van der Waals surface area contributed by atoms with Gasteiger partial charge < -0.3 is 5.11 Å². The quantitative estimate of drug-likeness (QED) is 0.947. The second kappa shape index (κ2) is 5.33. The fraction of sp³-hybridized carbons (Fsp3) is 0.143. The maximum Gasteiger partial charge on any atom is 0.175 e.